The van der Waals surface area contributed by atoms with Gasteiger partial charge in [0, 0.05) is 12.0 Å². The molecule has 2 aliphatic rings. The molecule has 2 aromatic carbocycles. The van der Waals surface area contributed by atoms with Crippen LogP contribution in [0.25, 0.3) is 0 Å². The number of benzene rings is 2. The minimum absolute atomic E-state index is 0.0155. The van der Waals surface area contributed by atoms with Gasteiger partial charge in [-0.1, -0.05) is 81.4 Å². The van der Waals surface area contributed by atoms with E-state index in [1.54, 1.807) is 0 Å². The van der Waals surface area contributed by atoms with Crippen molar-refractivity contribution < 1.29 is 27.2 Å². The number of alkyl halides is 3. The molecule has 0 heterocycles. The fourth-order valence-electron chi connectivity index (χ4n) is 5.68. The van der Waals surface area contributed by atoms with Crippen molar-refractivity contribution >= 4 is 30.3 Å². The number of carbonyl (C=O) groups is 2. The van der Waals surface area contributed by atoms with Gasteiger partial charge in [0.2, 0.25) is 5.78 Å². The topological polar surface area (TPSA) is 43.4 Å². The summed E-state index contributed by atoms with van der Waals surface area (Å²) in [6.45, 7) is 6.60. The summed E-state index contributed by atoms with van der Waals surface area (Å²) >= 11 is 0. The highest BCUT2D eigenvalue weighted by Crippen LogP contribution is 2.59. The summed E-state index contributed by atoms with van der Waals surface area (Å²) in [4.78, 5) is 23.6. The van der Waals surface area contributed by atoms with Crippen LogP contribution in [0.1, 0.15) is 40.0 Å². The van der Waals surface area contributed by atoms with Gasteiger partial charge in [-0.25, -0.2) is 0 Å². The number of fused-ring (bicyclic) bond motifs is 1. The van der Waals surface area contributed by atoms with Gasteiger partial charge in [-0.2, -0.15) is 13.2 Å². The maximum absolute atomic E-state index is 12.5. The first-order valence-corrected chi connectivity index (χ1v) is 13.3. The molecule has 0 saturated heterocycles. The minimum atomic E-state index is -4.95. The molecule has 0 radical (unpaired) electrons. The summed E-state index contributed by atoms with van der Waals surface area (Å²) in [5, 5.41) is 2.18. The van der Waals surface area contributed by atoms with Crippen LogP contribution in [-0.4, -0.2) is 32.2 Å². The molecule has 0 N–H and O–H groups in total. The molecule has 2 aliphatic carbocycles. The second-order valence-electron chi connectivity index (χ2n) is 10.3. The lowest BCUT2D eigenvalue weighted by molar-refractivity contribution is -0.172. The van der Waals surface area contributed by atoms with Crippen LogP contribution in [0.2, 0.25) is 5.04 Å². The molecule has 176 valence electrons. The van der Waals surface area contributed by atoms with Gasteiger partial charge in [-0.3, -0.25) is 9.59 Å². The van der Waals surface area contributed by atoms with E-state index in [1.807, 2.05) is 36.4 Å². The van der Waals surface area contributed by atoms with Crippen molar-refractivity contribution in [2.75, 3.05) is 0 Å². The Kier molecular flexibility index (Phi) is 6.16. The van der Waals surface area contributed by atoms with E-state index in [1.165, 1.54) is 10.4 Å². The molecule has 0 aromatic heterocycles. The molecule has 4 rings (SSSR count). The lowest BCUT2D eigenvalue weighted by atomic mass is 10.0. The Morgan fingerprint density at radius 2 is 1.33 bits per heavy atom. The lowest BCUT2D eigenvalue weighted by Crippen LogP contribution is -2.67. The molecule has 2 aromatic rings. The Bertz CT molecular complexity index is 963. The maximum Gasteiger partial charge on any atom is 0.450 e. The Morgan fingerprint density at radius 3 is 1.73 bits per heavy atom. The van der Waals surface area contributed by atoms with Crippen molar-refractivity contribution in [3.63, 3.8) is 0 Å². The standard InChI is InChI=1S/C26H29F3O3Si/c1-25(2,3)33(18-10-6-4-7-11-18,19-12-8-5-9-13-19)32-17-14-20-21(15-17)24(20)22(30)16-23(31)26(27,28)29/h4-13,17,20-21,24H,14-16H2,1-3H3. The zero-order chi connectivity index (χ0) is 24.0. The average molecular weight is 475 g/mol. The predicted molar refractivity (Wildman–Crippen MR) is 123 cm³/mol. The van der Waals surface area contributed by atoms with E-state index >= 15 is 0 Å². The van der Waals surface area contributed by atoms with Crippen LogP contribution < -0.4 is 10.4 Å². The SMILES string of the molecule is CC(C)(C)[Si](OC1CC2C(C1)C2C(=O)CC(=O)C(F)(F)F)(c1ccccc1)c1ccccc1. The number of rotatable bonds is 7. The smallest absolute Gasteiger partial charge is 0.404 e. The van der Waals surface area contributed by atoms with Gasteiger partial charge < -0.3 is 4.43 Å². The van der Waals surface area contributed by atoms with Gasteiger partial charge in [0.25, 0.3) is 8.32 Å². The van der Waals surface area contributed by atoms with E-state index in [2.05, 4.69) is 45.0 Å². The molecule has 7 heteroatoms. The molecule has 2 fully saturated rings. The number of halogens is 3. The minimum Gasteiger partial charge on any atom is -0.404 e. The number of hydrogen-bond donors (Lipinski definition) is 0. The highest BCUT2D eigenvalue weighted by molar-refractivity contribution is 6.99. The summed E-state index contributed by atoms with van der Waals surface area (Å²) in [5.41, 5.74) is 0. The summed E-state index contributed by atoms with van der Waals surface area (Å²) in [7, 11) is -2.71. The molecule has 0 spiro atoms. The summed E-state index contributed by atoms with van der Waals surface area (Å²) in [6, 6.07) is 20.5. The third-order valence-electron chi connectivity index (χ3n) is 7.18. The van der Waals surface area contributed by atoms with E-state index in [0.29, 0.717) is 12.8 Å². The van der Waals surface area contributed by atoms with Gasteiger partial charge in [-0.15, -0.1) is 0 Å². The largest absolute Gasteiger partial charge is 0.450 e. The number of Topliss-reactive ketones (excluding diaryl/α,β-unsaturated/α-hetero) is 2. The zero-order valence-corrected chi connectivity index (χ0v) is 20.1. The van der Waals surface area contributed by atoms with Crippen LogP contribution in [0.4, 0.5) is 13.2 Å². The number of carbonyl (C=O) groups excluding carboxylic acids is 2. The van der Waals surface area contributed by atoms with Gasteiger partial charge in [0.05, 0.1) is 6.42 Å². The van der Waals surface area contributed by atoms with Crippen molar-refractivity contribution in [2.45, 2.75) is 57.4 Å². The van der Waals surface area contributed by atoms with Crippen molar-refractivity contribution in [2.24, 2.45) is 17.8 Å². The van der Waals surface area contributed by atoms with E-state index in [4.69, 9.17) is 4.43 Å². The fraction of sp³-hybridized carbons (Fsp3) is 0.462. The maximum atomic E-state index is 12.5. The monoisotopic (exact) mass is 474 g/mol. The van der Waals surface area contributed by atoms with E-state index < -0.39 is 38.4 Å². The summed E-state index contributed by atoms with van der Waals surface area (Å²) in [5.74, 6) is -2.92. The Balaban J connectivity index is 1.55. The molecule has 0 amide bonds. The van der Waals surface area contributed by atoms with E-state index in [9.17, 15) is 22.8 Å². The summed E-state index contributed by atoms with van der Waals surface area (Å²) in [6.07, 6.45) is -4.76. The molecular formula is C26H29F3O3Si. The van der Waals surface area contributed by atoms with Gasteiger partial charge in [-0.05, 0) is 40.1 Å². The second kappa shape index (κ2) is 8.51. The first-order chi connectivity index (χ1) is 15.4. The van der Waals surface area contributed by atoms with Crippen molar-refractivity contribution in [1.82, 2.24) is 0 Å². The van der Waals surface area contributed by atoms with E-state index in [-0.39, 0.29) is 23.0 Å². The normalized spacial score (nSPS) is 24.9. The molecule has 3 nitrogen and oxygen atoms in total. The van der Waals surface area contributed by atoms with Crippen LogP contribution in [0.5, 0.6) is 0 Å². The molecule has 0 bridgehead atoms. The van der Waals surface area contributed by atoms with Crippen LogP contribution >= 0.6 is 0 Å². The first kappa shape index (κ1) is 23.9. The van der Waals surface area contributed by atoms with Crippen molar-refractivity contribution in [1.29, 1.82) is 0 Å². The Labute approximate surface area is 193 Å². The Hall–Kier alpha value is -2.25. The molecule has 0 aliphatic heterocycles. The zero-order valence-electron chi connectivity index (χ0n) is 19.1. The summed E-state index contributed by atoms with van der Waals surface area (Å²) < 4.78 is 44.7. The van der Waals surface area contributed by atoms with Crippen molar-refractivity contribution in [3.8, 4) is 0 Å². The second-order valence-corrected chi connectivity index (χ2v) is 14.5. The molecule has 2 unspecified atom stereocenters. The quantitative estimate of drug-likeness (QED) is 0.432. The lowest BCUT2D eigenvalue weighted by Gasteiger charge is -2.45. The highest BCUT2D eigenvalue weighted by atomic mass is 28.4. The molecular weight excluding hydrogens is 445 g/mol. The third-order valence-corrected chi connectivity index (χ3v) is 12.3. The molecule has 2 atom stereocenters. The van der Waals surface area contributed by atoms with Gasteiger partial charge in [0.1, 0.15) is 5.78 Å². The van der Waals surface area contributed by atoms with Crippen LogP contribution in [0.15, 0.2) is 60.7 Å². The highest BCUT2D eigenvalue weighted by Gasteiger charge is 2.62. The molecule has 33 heavy (non-hydrogen) atoms. The fourth-order valence-corrected chi connectivity index (χ4v) is 10.4. The number of hydrogen-bond acceptors (Lipinski definition) is 3. The average Bonchev–Trinajstić information content (AvgIpc) is 3.27. The van der Waals surface area contributed by atoms with Gasteiger partial charge >= 0.3 is 6.18 Å². The van der Waals surface area contributed by atoms with Crippen LogP contribution in [-0.2, 0) is 14.0 Å². The first-order valence-electron chi connectivity index (χ1n) is 11.4. The predicted octanol–water partition coefficient (Wildman–Crippen LogP) is 4.68. The van der Waals surface area contributed by atoms with Gasteiger partial charge in [0.15, 0.2) is 0 Å². The molecule has 2 saturated carbocycles. The third kappa shape index (κ3) is 4.45. The van der Waals surface area contributed by atoms with E-state index in [0.717, 1.165) is 0 Å². The number of ketones is 2. The van der Waals surface area contributed by atoms with Crippen LogP contribution in [0, 0.1) is 17.8 Å². The van der Waals surface area contributed by atoms with Crippen LogP contribution in [0.3, 0.4) is 0 Å². The Morgan fingerprint density at radius 1 is 0.879 bits per heavy atom. The van der Waals surface area contributed by atoms with Crippen molar-refractivity contribution in [3.05, 3.63) is 60.7 Å².